The van der Waals surface area contributed by atoms with Crippen LogP contribution in [0.25, 0.3) is 0 Å². The third kappa shape index (κ3) is 3.55. The number of amidine groups is 1. The van der Waals surface area contributed by atoms with Crippen LogP contribution >= 0.6 is 0 Å². The third-order valence-electron chi connectivity index (χ3n) is 5.33. The first kappa shape index (κ1) is 18.4. The second-order valence-corrected chi connectivity index (χ2v) is 7.41. The highest BCUT2D eigenvalue weighted by Crippen LogP contribution is 2.31. The minimum absolute atomic E-state index is 0.0457. The van der Waals surface area contributed by atoms with Crippen molar-refractivity contribution in [3.63, 3.8) is 0 Å². The summed E-state index contributed by atoms with van der Waals surface area (Å²) in [6.45, 7) is 4.65. The number of Topliss-reactive ketones (excluding diaryl/α,β-unsaturated/α-hetero) is 1. The molecule has 0 radical (unpaired) electrons. The van der Waals surface area contributed by atoms with Crippen LogP contribution in [0, 0.1) is 6.92 Å². The highest BCUT2D eigenvalue weighted by Gasteiger charge is 2.41. The lowest BCUT2D eigenvalue weighted by Crippen LogP contribution is -2.46. The van der Waals surface area contributed by atoms with Gasteiger partial charge in [0.2, 0.25) is 0 Å². The Balaban J connectivity index is 1.44. The van der Waals surface area contributed by atoms with Crippen LogP contribution < -0.4 is 5.48 Å². The van der Waals surface area contributed by atoms with Gasteiger partial charge < -0.3 is 4.90 Å². The van der Waals surface area contributed by atoms with Gasteiger partial charge >= 0.3 is 0 Å². The maximum atomic E-state index is 12.8. The van der Waals surface area contributed by atoms with Crippen LogP contribution in [0.4, 0.5) is 0 Å². The van der Waals surface area contributed by atoms with E-state index in [9.17, 15) is 9.59 Å². The number of likely N-dealkylation sites (tertiary alicyclic amines) is 1. The summed E-state index contributed by atoms with van der Waals surface area (Å²) in [6, 6.07) is 15.0. The number of nitrogens with zero attached hydrogens (tertiary/aromatic N) is 2. The van der Waals surface area contributed by atoms with E-state index in [2.05, 4.69) is 5.48 Å². The van der Waals surface area contributed by atoms with E-state index in [-0.39, 0.29) is 11.7 Å². The lowest BCUT2D eigenvalue weighted by Gasteiger charge is -2.35. The Morgan fingerprint density at radius 2 is 1.75 bits per heavy atom. The highest BCUT2D eigenvalue weighted by molar-refractivity contribution is 6.00. The molecule has 0 aromatic heterocycles. The summed E-state index contributed by atoms with van der Waals surface area (Å²) in [5.74, 6) is 0.622. The number of piperidine rings is 1. The van der Waals surface area contributed by atoms with Gasteiger partial charge in [-0.2, -0.15) is 0 Å². The molecule has 1 N–H and O–H groups in total. The zero-order valence-corrected chi connectivity index (χ0v) is 16.1. The Kier molecular flexibility index (Phi) is 4.73. The van der Waals surface area contributed by atoms with E-state index in [1.54, 1.807) is 29.2 Å². The minimum atomic E-state index is -0.627. The number of ketones is 1. The third-order valence-corrected chi connectivity index (χ3v) is 5.33. The molecule has 0 bridgehead atoms. The van der Waals surface area contributed by atoms with Crippen LogP contribution in [0.2, 0.25) is 0 Å². The molecule has 4 rings (SSSR count). The summed E-state index contributed by atoms with van der Waals surface area (Å²) >= 11 is 0. The zero-order chi connectivity index (χ0) is 19.7. The fraction of sp³-hybridized carbons (Fsp3) is 0.318. The highest BCUT2D eigenvalue weighted by atomic mass is 16.7. The lowest BCUT2D eigenvalue weighted by molar-refractivity contribution is -0.0849. The molecule has 1 amide bonds. The maximum Gasteiger partial charge on any atom is 0.253 e. The van der Waals surface area contributed by atoms with Gasteiger partial charge in [0.25, 0.3) is 5.91 Å². The Bertz CT molecular complexity index is 942. The van der Waals surface area contributed by atoms with E-state index in [1.807, 2.05) is 31.2 Å². The maximum absolute atomic E-state index is 12.8. The van der Waals surface area contributed by atoms with Gasteiger partial charge in [0, 0.05) is 42.6 Å². The van der Waals surface area contributed by atoms with Crippen LogP contribution in [-0.4, -0.2) is 41.2 Å². The molecule has 1 fully saturated rings. The topological polar surface area (TPSA) is 71.0 Å². The Hall–Kier alpha value is -2.99. The van der Waals surface area contributed by atoms with Gasteiger partial charge in [-0.1, -0.05) is 42.0 Å². The summed E-state index contributed by atoms with van der Waals surface area (Å²) in [5, 5.41) is 0. The SMILES string of the molecule is CC(=O)c1cccc(C(=O)N2CCC3(CC2)N=C(c2ccc(C)cc2)NO3)c1. The van der Waals surface area contributed by atoms with E-state index < -0.39 is 5.72 Å². The smallest absolute Gasteiger partial charge is 0.253 e. The van der Waals surface area contributed by atoms with Crippen molar-refractivity contribution in [2.45, 2.75) is 32.4 Å². The summed E-state index contributed by atoms with van der Waals surface area (Å²) in [6.07, 6.45) is 1.24. The number of nitrogens with one attached hydrogen (secondary N) is 1. The summed E-state index contributed by atoms with van der Waals surface area (Å²) in [7, 11) is 0. The van der Waals surface area contributed by atoms with Crippen molar-refractivity contribution >= 4 is 17.5 Å². The van der Waals surface area contributed by atoms with Gasteiger partial charge in [0.05, 0.1) is 0 Å². The molecule has 1 spiro atoms. The first-order chi connectivity index (χ1) is 13.5. The average Bonchev–Trinajstić information content (AvgIpc) is 3.12. The molecule has 0 saturated carbocycles. The number of carbonyl (C=O) groups is 2. The van der Waals surface area contributed by atoms with Crippen molar-refractivity contribution in [1.29, 1.82) is 0 Å². The molecule has 1 saturated heterocycles. The molecule has 0 unspecified atom stereocenters. The number of aliphatic imine (C=N–C) groups is 1. The van der Waals surface area contributed by atoms with E-state index >= 15 is 0 Å². The fourth-order valence-electron chi connectivity index (χ4n) is 3.55. The second-order valence-electron chi connectivity index (χ2n) is 7.41. The molecule has 6 heteroatoms. The Morgan fingerprint density at radius 1 is 1.07 bits per heavy atom. The van der Waals surface area contributed by atoms with E-state index in [4.69, 9.17) is 9.83 Å². The molecule has 2 aromatic carbocycles. The number of hydroxylamine groups is 1. The van der Waals surface area contributed by atoms with Gasteiger partial charge in [0.1, 0.15) is 0 Å². The predicted octanol–water partition coefficient (Wildman–Crippen LogP) is 3.11. The molecule has 2 aromatic rings. The first-order valence-corrected chi connectivity index (χ1v) is 9.47. The zero-order valence-electron chi connectivity index (χ0n) is 16.1. The number of aryl methyl sites for hydroxylation is 1. The monoisotopic (exact) mass is 377 g/mol. The number of carbonyl (C=O) groups excluding carboxylic acids is 2. The lowest BCUT2D eigenvalue weighted by atomic mass is 9.99. The van der Waals surface area contributed by atoms with Crippen molar-refractivity contribution in [1.82, 2.24) is 10.4 Å². The molecule has 0 aliphatic carbocycles. The van der Waals surface area contributed by atoms with Crippen molar-refractivity contribution in [2.24, 2.45) is 4.99 Å². The molecule has 28 heavy (non-hydrogen) atoms. The summed E-state index contributed by atoms with van der Waals surface area (Å²) in [4.78, 5) is 36.8. The van der Waals surface area contributed by atoms with E-state index in [0.717, 1.165) is 11.4 Å². The Labute approximate surface area is 164 Å². The van der Waals surface area contributed by atoms with Crippen molar-refractivity contribution in [3.8, 4) is 0 Å². The van der Waals surface area contributed by atoms with E-state index in [1.165, 1.54) is 12.5 Å². The summed E-state index contributed by atoms with van der Waals surface area (Å²) < 4.78 is 0. The molecule has 144 valence electrons. The largest absolute Gasteiger partial charge is 0.338 e. The van der Waals surface area contributed by atoms with Gasteiger partial charge in [-0.15, -0.1) is 0 Å². The second kappa shape index (κ2) is 7.20. The van der Waals surface area contributed by atoms with Crippen molar-refractivity contribution in [3.05, 3.63) is 70.8 Å². The molecular formula is C22H23N3O3. The molecule has 2 heterocycles. The summed E-state index contributed by atoms with van der Waals surface area (Å²) in [5.41, 5.74) is 5.60. The predicted molar refractivity (Wildman–Crippen MR) is 106 cm³/mol. The van der Waals surface area contributed by atoms with Gasteiger partial charge in [-0.25, -0.2) is 15.3 Å². The number of hydrogen-bond acceptors (Lipinski definition) is 5. The van der Waals surface area contributed by atoms with Crippen molar-refractivity contribution in [2.75, 3.05) is 13.1 Å². The number of hydrogen-bond donors (Lipinski definition) is 1. The van der Waals surface area contributed by atoms with Crippen LogP contribution in [0.5, 0.6) is 0 Å². The fourth-order valence-corrected chi connectivity index (χ4v) is 3.55. The molecular weight excluding hydrogens is 354 g/mol. The number of benzene rings is 2. The quantitative estimate of drug-likeness (QED) is 0.835. The van der Waals surface area contributed by atoms with Crippen LogP contribution in [0.3, 0.4) is 0 Å². The van der Waals surface area contributed by atoms with Crippen LogP contribution in [-0.2, 0) is 4.84 Å². The number of rotatable bonds is 3. The normalized spacial score (nSPS) is 17.9. The molecule has 2 aliphatic heterocycles. The standard InChI is InChI=1S/C22H23N3O3/c1-15-6-8-17(9-7-15)20-23-22(28-24-20)10-12-25(13-11-22)21(27)19-5-3-4-18(14-19)16(2)26/h3-9,14H,10-13H2,1-2H3,(H,23,24). The van der Waals surface area contributed by atoms with Gasteiger partial charge in [-0.3, -0.25) is 9.59 Å². The minimum Gasteiger partial charge on any atom is -0.338 e. The molecule has 6 nitrogen and oxygen atoms in total. The number of amides is 1. The van der Waals surface area contributed by atoms with Crippen molar-refractivity contribution < 1.29 is 14.4 Å². The van der Waals surface area contributed by atoms with E-state index in [0.29, 0.717) is 37.1 Å². The van der Waals surface area contributed by atoms with Crippen LogP contribution in [0.1, 0.15) is 51.6 Å². The van der Waals surface area contributed by atoms with Crippen LogP contribution in [0.15, 0.2) is 53.5 Å². The average molecular weight is 377 g/mol. The first-order valence-electron chi connectivity index (χ1n) is 9.47. The van der Waals surface area contributed by atoms with Gasteiger partial charge in [-0.05, 0) is 26.0 Å². The molecule has 0 atom stereocenters. The van der Waals surface area contributed by atoms with Gasteiger partial charge in [0.15, 0.2) is 17.3 Å². The Morgan fingerprint density at radius 3 is 2.43 bits per heavy atom. The molecule has 2 aliphatic rings.